The maximum atomic E-state index is 12.1. The third kappa shape index (κ3) is 2.54. The maximum absolute atomic E-state index is 12.1. The van der Waals surface area contributed by atoms with E-state index in [1.807, 2.05) is 0 Å². The van der Waals surface area contributed by atoms with Crippen molar-refractivity contribution in [3.63, 3.8) is 0 Å². The Morgan fingerprint density at radius 2 is 1.73 bits per heavy atom. The number of fused-ring (bicyclic) bond motifs is 1. The molecule has 8 heteroatoms. The first-order valence-electron chi connectivity index (χ1n) is 6.41. The molecule has 0 saturated carbocycles. The van der Waals surface area contributed by atoms with E-state index in [9.17, 15) is 13.2 Å². The summed E-state index contributed by atoms with van der Waals surface area (Å²) >= 11 is 0. The van der Waals surface area contributed by atoms with Crippen LogP contribution in [-0.4, -0.2) is 19.5 Å². The monoisotopic (exact) mass is 319 g/mol. The molecule has 3 rings (SSSR count). The summed E-state index contributed by atoms with van der Waals surface area (Å²) < 4.78 is 31.4. The van der Waals surface area contributed by atoms with Crippen molar-refractivity contribution >= 4 is 16.1 Å². The molecule has 0 aromatic heterocycles. The van der Waals surface area contributed by atoms with Gasteiger partial charge >= 0.3 is 6.09 Å². The summed E-state index contributed by atoms with van der Waals surface area (Å²) in [5.41, 5.74) is 0.398. The van der Waals surface area contributed by atoms with Crippen LogP contribution in [0.15, 0.2) is 59.5 Å². The number of sulfonamides is 1. The second-order valence-corrected chi connectivity index (χ2v) is 6.33. The highest BCUT2D eigenvalue weighted by Gasteiger charge is 2.38. The van der Waals surface area contributed by atoms with Crippen LogP contribution in [0.2, 0.25) is 0 Å². The third-order valence-electron chi connectivity index (χ3n) is 3.21. The minimum Gasteiger partial charge on any atom is -0.409 e. The van der Waals surface area contributed by atoms with Gasteiger partial charge in [-0.05, 0) is 18.2 Å². The number of rotatable bonds is 2. The summed E-state index contributed by atoms with van der Waals surface area (Å²) in [5, 5.41) is 0.719. The highest BCUT2D eigenvalue weighted by Crippen LogP contribution is 2.31. The molecule has 1 atom stereocenters. The topological polar surface area (TPSA) is 102 Å². The average molecular weight is 319 g/mol. The van der Waals surface area contributed by atoms with E-state index in [1.54, 1.807) is 48.5 Å². The molecule has 0 aliphatic carbocycles. The lowest BCUT2D eigenvalue weighted by Gasteiger charge is -2.22. The molecule has 0 fully saturated rings. The zero-order valence-corrected chi connectivity index (χ0v) is 12.2. The van der Waals surface area contributed by atoms with Gasteiger partial charge in [-0.1, -0.05) is 36.4 Å². The summed E-state index contributed by atoms with van der Waals surface area (Å²) in [4.78, 5) is 12.2. The van der Waals surface area contributed by atoms with E-state index in [-0.39, 0.29) is 4.90 Å². The molecule has 1 unspecified atom stereocenters. The highest BCUT2D eigenvalue weighted by atomic mass is 32.2. The molecule has 2 aromatic carbocycles. The molecule has 0 spiro atoms. The van der Waals surface area contributed by atoms with E-state index in [0.29, 0.717) is 11.3 Å². The smallest absolute Gasteiger partial charge is 0.409 e. The number of nitrogens with two attached hydrogens (primary N) is 1. The summed E-state index contributed by atoms with van der Waals surface area (Å²) in [6, 6.07) is 14.7. The van der Waals surface area contributed by atoms with Gasteiger partial charge in [-0.3, -0.25) is 0 Å². The average Bonchev–Trinajstić information content (AvgIpc) is 2.80. The van der Waals surface area contributed by atoms with Crippen molar-refractivity contribution < 1.29 is 17.9 Å². The quantitative estimate of drug-likeness (QED) is 0.494. The number of hydrazine groups is 1. The number of amides is 1. The maximum Gasteiger partial charge on any atom is 0.431 e. The number of ether oxygens (including phenoxy) is 1. The lowest BCUT2D eigenvalue weighted by Crippen LogP contribution is -2.46. The number of para-hydroxylation sites is 1. The second kappa shape index (κ2) is 5.41. The highest BCUT2D eigenvalue weighted by molar-refractivity contribution is 7.89. The van der Waals surface area contributed by atoms with E-state index in [2.05, 4.69) is 4.72 Å². The molecule has 0 bridgehead atoms. The SMILES string of the molecule is NN(C(=O)Oc1ccccc1)C1NS(=O)(=O)c2ccccc21. The standard InChI is InChI=1S/C14H13N3O4S/c15-17(14(18)21-10-6-2-1-3-7-10)13-11-8-4-5-9-12(11)22(19,20)16-13/h1-9,13,16H,15H2. The fourth-order valence-electron chi connectivity index (χ4n) is 2.18. The van der Waals surface area contributed by atoms with Crippen LogP contribution in [0.1, 0.15) is 11.7 Å². The number of carbonyl (C=O) groups excluding carboxylic acids is 1. The van der Waals surface area contributed by atoms with Crippen molar-refractivity contribution in [2.45, 2.75) is 11.1 Å². The van der Waals surface area contributed by atoms with Gasteiger partial charge in [0.15, 0.2) is 0 Å². The van der Waals surface area contributed by atoms with Crippen molar-refractivity contribution in [2.24, 2.45) is 5.84 Å². The predicted octanol–water partition coefficient (Wildman–Crippen LogP) is 1.35. The Bertz CT molecular complexity index is 808. The first kappa shape index (κ1) is 14.5. The number of nitrogens with one attached hydrogen (secondary N) is 1. The van der Waals surface area contributed by atoms with Crippen molar-refractivity contribution in [2.75, 3.05) is 0 Å². The van der Waals surface area contributed by atoms with E-state index < -0.39 is 22.3 Å². The van der Waals surface area contributed by atoms with Crippen LogP contribution in [0.3, 0.4) is 0 Å². The summed E-state index contributed by atoms with van der Waals surface area (Å²) in [5.74, 6) is 6.05. The summed E-state index contributed by atoms with van der Waals surface area (Å²) in [6.45, 7) is 0. The normalized spacial score (nSPS) is 18.5. The Labute approximate surface area is 127 Å². The van der Waals surface area contributed by atoms with E-state index in [1.165, 1.54) is 6.07 Å². The van der Waals surface area contributed by atoms with Crippen molar-refractivity contribution in [3.8, 4) is 5.75 Å². The van der Waals surface area contributed by atoms with Crippen LogP contribution in [0.25, 0.3) is 0 Å². The third-order valence-corrected chi connectivity index (χ3v) is 4.69. The van der Waals surface area contributed by atoms with Gasteiger partial charge in [0.1, 0.15) is 11.9 Å². The Kier molecular flexibility index (Phi) is 3.57. The van der Waals surface area contributed by atoms with E-state index in [0.717, 1.165) is 5.01 Å². The number of carbonyl (C=O) groups is 1. The van der Waals surface area contributed by atoms with Crippen LogP contribution in [-0.2, 0) is 10.0 Å². The zero-order chi connectivity index (χ0) is 15.7. The van der Waals surface area contributed by atoms with E-state index >= 15 is 0 Å². The van der Waals surface area contributed by atoms with Gasteiger partial charge in [0.2, 0.25) is 10.0 Å². The van der Waals surface area contributed by atoms with Crippen molar-refractivity contribution in [3.05, 3.63) is 60.2 Å². The zero-order valence-electron chi connectivity index (χ0n) is 11.3. The lowest BCUT2D eigenvalue weighted by molar-refractivity contribution is 0.129. The molecule has 1 heterocycles. The Morgan fingerprint density at radius 1 is 1.09 bits per heavy atom. The van der Waals surface area contributed by atoms with Gasteiger partial charge in [0, 0.05) is 5.56 Å². The van der Waals surface area contributed by atoms with Gasteiger partial charge in [-0.2, -0.15) is 4.72 Å². The largest absolute Gasteiger partial charge is 0.431 e. The van der Waals surface area contributed by atoms with E-state index in [4.69, 9.17) is 10.6 Å². The minimum atomic E-state index is -3.69. The number of benzene rings is 2. The molecule has 2 aromatic rings. The molecule has 1 aliphatic heterocycles. The molecular weight excluding hydrogens is 306 g/mol. The molecule has 0 saturated heterocycles. The number of hydrogen-bond acceptors (Lipinski definition) is 5. The minimum absolute atomic E-state index is 0.1000. The van der Waals surface area contributed by atoms with Crippen molar-refractivity contribution in [1.82, 2.24) is 9.73 Å². The molecular formula is C14H13N3O4S. The molecule has 114 valence electrons. The molecule has 22 heavy (non-hydrogen) atoms. The van der Waals surface area contributed by atoms with Crippen LogP contribution < -0.4 is 15.3 Å². The molecule has 1 aliphatic rings. The number of nitrogens with zero attached hydrogens (tertiary/aromatic N) is 1. The first-order chi connectivity index (χ1) is 10.5. The molecule has 7 nitrogen and oxygen atoms in total. The van der Waals surface area contributed by atoms with Crippen LogP contribution >= 0.6 is 0 Å². The Balaban J connectivity index is 1.84. The van der Waals surface area contributed by atoms with Gasteiger partial charge < -0.3 is 4.74 Å². The first-order valence-corrected chi connectivity index (χ1v) is 7.89. The fourth-order valence-corrected chi connectivity index (χ4v) is 3.59. The van der Waals surface area contributed by atoms with Gasteiger partial charge in [0.05, 0.1) is 4.90 Å². The van der Waals surface area contributed by atoms with Crippen molar-refractivity contribution in [1.29, 1.82) is 0 Å². The summed E-state index contributed by atoms with van der Waals surface area (Å²) in [6.07, 6.45) is -1.87. The molecule has 3 N–H and O–H groups in total. The Morgan fingerprint density at radius 3 is 2.45 bits per heavy atom. The number of hydrogen-bond donors (Lipinski definition) is 2. The van der Waals surface area contributed by atoms with Gasteiger partial charge in [0.25, 0.3) is 0 Å². The lowest BCUT2D eigenvalue weighted by atomic mass is 10.2. The second-order valence-electron chi connectivity index (χ2n) is 4.65. The van der Waals surface area contributed by atoms with Gasteiger partial charge in [-0.25, -0.2) is 24.1 Å². The molecule has 0 radical (unpaired) electrons. The fraction of sp³-hybridized carbons (Fsp3) is 0.0714. The van der Waals surface area contributed by atoms with Crippen LogP contribution in [0.4, 0.5) is 4.79 Å². The molecule has 1 amide bonds. The summed E-state index contributed by atoms with van der Waals surface area (Å²) in [7, 11) is -3.69. The van der Waals surface area contributed by atoms with Crippen LogP contribution in [0.5, 0.6) is 5.75 Å². The van der Waals surface area contributed by atoms with Crippen LogP contribution in [0, 0.1) is 0 Å². The Hall–Kier alpha value is -2.42. The van der Waals surface area contributed by atoms with Gasteiger partial charge in [-0.15, -0.1) is 0 Å². The predicted molar refractivity (Wildman–Crippen MR) is 78.0 cm³/mol.